The van der Waals surface area contributed by atoms with Crippen molar-refractivity contribution in [3.8, 4) is 5.75 Å². The first-order valence-electron chi connectivity index (χ1n) is 12.1. The molecule has 1 fully saturated rings. The van der Waals surface area contributed by atoms with Crippen molar-refractivity contribution in [2.75, 3.05) is 20.1 Å². The molecule has 2 heterocycles. The third-order valence-electron chi connectivity index (χ3n) is 6.90. The largest absolute Gasteiger partial charge is 0.379 e. The highest BCUT2D eigenvalue weighted by Crippen LogP contribution is 2.37. The standard InChI is InChI=1S/C28H28F2N2O3S/c1-31-15-13-21(14-16-31)24-19-32(17-12-20-6-3-2-4-7-20)27-11-10-22(18-23(24)27)35-36(33,34)28-25(29)8-5-9-26(28)30/h2-11,18-19,21H,12-17H2,1H3. The van der Waals surface area contributed by atoms with Crippen LogP contribution < -0.4 is 4.18 Å². The van der Waals surface area contributed by atoms with Crippen LogP contribution in [0.15, 0.2) is 77.8 Å². The van der Waals surface area contributed by atoms with Crippen molar-refractivity contribution in [1.82, 2.24) is 9.47 Å². The fraction of sp³-hybridized carbons (Fsp3) is 0.286. The average Bonchev–Trinajstić information content (AvgIpc) is 3.21. The minimum Gasteiger partial charge on any atom is -0.379 e. The summed E-state index contributed by atoms with van der Waals surface area (Å²) in [5.74, 6) is -2.01. The zero-order chi connectivity index (χ0) is 25.3. The minimum absolute atomic E-state index is 0.0279. The molecule has 36 heavy (non-hydrogen) atoms. The van der Waals surface area contributed by atoms with Gasteiger partial charge in [-0.05, 0) is 86.8 Å². The highest BCUT2D eigenvalue weighted by molar-refractivity contribution is 7.87. The van der Waals surface area contributed by atoms with Gasteiger partial charge in [0.1, 0.15) is 17.4 Å². The summed E-state index contributed by atoms with van der Waals surface area (Å²) in [4.78, 5) is 1.22. The third kappa shape index (κ3) is 5.01. The van der Waals surface area contributed by atoms with Gasteiger partial charge in [-0.15, -0.1) is 0 Å². The molecule has 3 aromatic carbocycles. The number of aryl methyl sites for hydroxylation is 2. The first-order chi connectivity index (χ1) is 17.3. The Morgan fingerprint density at radius 1 is 0.944 bits per heavy atom. The molecule has 5 rings (SSSR count). The molecule has 188 valence electrons. The van der Waals surface area contributed by atoms with Crippen molar-refractivity contribution in [3.05, 3.63) is 95.7 Å². The van der Waals surface area contributed by atoms with Crippen LogP contribution in [0.5, 0.6) is 5.75 Å². The quantitative estimate of drug-likeness (QED) is 0.298. The van der Waals surface area contributed by atoms with Gasteiger partial charge >= 0.3 is 10.1 Å². The molecule has 1 saturated heterocycles. The van der Waals surface area contributed by atoms with Crippen LogP contribution >= 0.6 is 0 Å². The minimum atomic E-state index is -4.69. The number of hydrogen-bond acceptors (Lipinski definition) is 4. The number of fused-ring (bicyclic) bond motifs is 1. The van der Waals surface area contributed by atoms with Crippen molar-refractivity contribution in [2.45, 2.75) is 36.6 Å². The number of halogens is 2. The second-order valence-corrected chi connectivity index (χ2v) is 10.8. The van der Waals surface area contributed by atoms with E-state index >= 15 is 0 Å². The molecule has 1 aliphatic rings. The second-order valence-electron chi connectivity index (χ2n) is 9.36. The maximum absolute atomic E-state index is 14.2. The molecule has 0 amide bonds. The van der Waals surface area contributed by atoms with Crippen LogP contribution in [-0.4, -0.2) is 38.0 Å². The Kier molecular flexibility index (Phi) is 6.81. The molecule has 0 saturated carbocycles. The number of nitrogens with zero attached hydrogens (tertiary/aromatic N) is 2. The summed E-state index contributed by atoms with van der Waals surface area (Å²) in [7, 11) is -2.58. The van der Waals surface area contributed by atoms with Crippen LogP contribution in [0.25, 0.3) is 10.9 Å². The van der Waals surface area contributed by atoms with Crippen molar-refractivity contribution >= 4 is 21.0 Å². The lowest BCUT2D eigenvalue weighted by Crippen LogP contribution is -2.29. The van der Waals surface area contributed by atoms with Gasteiger partial charge in [-0.25, -0.2) is 8.78 Å². The lowest BCUT2D eigenvalue weighted by Gasteiger charge is -2.28. The molecular weight excluding hydrogens is 482 g/mol. The predicted molar refractivity (Wildman–Crippen MR) is 136 cm³/mol. The summed E-state index contributed by atoms with van der Waals surface area (Å²) >= 11 is 0. The SMILES string of the molecule is CN1CCC(c2cn(CCc3ccccc3)c3ccc(OS(=O)(=O)c4c(F)cccc4F)cc23)CC1. The molecule has 8 heteroatoms. The monoisotopic (exact) mass is 510 g/mol. The zero-order valence-electron chi connectivity index (χ0n) is 20.0. The van der Waals surface area contributed by atoms with E-state index in [1.807, 2.05) is 24.3 Å². The Morgan fingerprint density at radius 3 is 2.33 bits per heavy atom. The third-order valence-corrected chi connectivity index (χ3v) is 8.20. The lowest BCUT2D eigenvalue weighted by molar-refractivity contribution is 0.256. The Hall–Kier alpha value is -3.23. The van der Waals surface area contributed by atoms with E-state index in [1.165, 1.54) is 11.6 Å². The van der Waals surface area contributed by atoms with Crippen LogP contribution in [0.3, 0.4) is 0 Å². The van der Waals surface area contributed by atoms with Crippen molar-refractivity contribution in [2.24, 2.45) is 0 Å². The number of likely N-dealkylation sites (tertiary alicyclic amines) is 1. The molecule has 0 atom stereocenters. The molecule has 5 nitrogen and oxygen atoms in total. The Bertz CT molecular complexity index is 1460. The summed E-state index contributed by atoms with van der Waals surface area (Å²) in [5.41, 5.74) is 3.35. The summed E-state index contributed by atoms with van der Waals surface area (Å²) in [6.07, 6.45) is 5.02. The maximum Gasteiger partial charge on any atom is 0.345 e. The molecule has 0 aliphatic carbocycles. The number of aromatic nitrogens is 1. The molecule has 0 N–H and O–H groups in total. The van der Waals surface area contributed by atoms with Crippen LogP contribution in [-0.2, 0) is 23.1 Å². The molecule has 0 radical (unpaired) electrons. The highest BCUT2D eigenvalue weighted by atomic mass is 32.2. The number of benzene rings is 3. The van der Waals surface area contributed by atoms with E-state index in [1.54, 1.807) is 6.07 Å². The maximum atomic E-state index is 14.2. The van der Waals surface area contributed by atoms with Gasteiger partial charge in [-0.1, -0.05) is 36.4 Å². The van der Waals surface area contributed by atoms with Crippen molar-refractivity contribution < 1.29 is 21.4 Å². The lowest BCUT2D eigenvalue weighted by atomic mass is 9.89. The molecule has 0 unspecified atom stereocenters. The summed E-state index contributed by atoms with van der Waals surface area (Å²) in [6.45, 7) is 2.74. The summed E-state index contributed by atoms with van der Waals surface area (Å²) in [5, 5.41) is 0.902. The van der Waals surface area contributed by atoms with Gasteiger partial charge in [0.2, 0.25) is 0 Å². The number of piperidine rings is 1. The van der Waals surface area contributed by atoms with E-state index in [2.05, 4.69) is 34.8 Å². The summed E-state index contributed by atoms with van der Waals surface area (Å²) in [6, 6.07) is 18.2. The van der Waals surface area contributed by atoms with Crippen LogP contribution in [0.4, 0.5) is 8.78 Å². The smallest absolute Gasteiger partial charge is 0.345 e. The molecule has 4 aromatic rings. The normalized spacial score (nSPS) is 15.4. The Balaban J connectivity index is 1.51. The van der Waals surface area contributed by atoms with E-state index in [9.17, 15) is 17.2 Å². The van der Waals surface area contributed by atoms with E-state index in [-0.39, 0.29) is 5.75 Å². The zero-order valence-corrected chi connectivity index (χ0v) is 20.8. The van der Waals surface area contributed by atoms with Gasteiger partial charge in [0.25, 0.3) is 0 Å². The van der Waals surface area contributed by atoms with Gasteiger partial charge in [-0.3, -0.25) is 0 Å². The highest BCUT2D eigenvalue weighted by Gasteiger charge is 2.27. The fourth-order valence-electron chi connectivity index (χ4n) is 4.97. The first kappa shape index (κ1) is 24.5. The van der Waals surface area contributed by atoms with Gasteiger partial charge in [0.15, 0.2) is 4.90 Å². The van der Waals surface area contributed by atoms with E-state index in [0.717, 1.165) is 73.6 Å². The first-order valence-corrected chi connectivity index (χ1v) is 13.5. The fourth-order valence-corrected chi connectivity index (χ4v) is 6.02. The van der Waals surface area contributed by atoms with Gasteiger partial charge in [0.05, 0.1) is 0 Å². The van der Waals surface area contributed by atoms with E-state index in [0.29, 0.717) is 5.92 Å². The molecule has 0 bridgehead atoms. The van der Waals surface area contributed by atoms with Crippen LogP contribution in [0, 0.1) is 11.6 Å². The second kappa shape index (κ2) is 10.0. The number of hydrogen-bond donors (Lipinski definition) is 0. The molecule has 0 spiro atoms. The van der Waals surface area contributed by atoms with Crippen LogP contribution in [0.2, 0.25) is 0 Å². The van der Waals surface area contributed by atoms with Gasteiger partial charge in [-0.2, -0.15) is 8.42 Å². The van der Waals surface area contributed by atoms with Crippen LogP contribution in [0.1, 0.15) is 29.9 Å². The van der Waals surface area contributed by atoms with Gasteiger partial charge in [0, 0.05) is 23.6 Å². The van der Waals surface area contributed by atoms with Crippen molar-refractivity contribution in [1.29, 1.82) is 0 Å². The topological polar surface area (TPSA) is 51.5 Å². The van der Waals surface area contributed by atoms with E-state index in [4.69, 9.17) is 4.18 Å². The number of rotatable bonds is 7. The summed E-state index contributed by atoms with van der Waals surface area (Å²) < 4.78 is 61.3. The molecule has 1 aliphatic heterocycles. The predicted octanol–water partition coefficient (Wildman–Crippen LogP) is 5.74. The van der Waals surface area contributed by atoms with Gasteiger partial charge < -0.3 is 13.7 Å². The van der Waals surface area contributed by atoms with Crippen molar-refractivity contribution in [3.63, 3.8) is 0 Å². The average molecular weight is 511 g/mol. The molecular formula is C28H28F2N2O3S. The molecule has 1 aromatic heterocycles. The Morgan fingerprint density at radius 2 is 1.64 bits per heavy atom. The van der Waals surface area contributed by atoms with E-state index < -0.39 is 26.6 Å². The Labute approximate surface area is 210 Å².